The minimum absolute atomic E-state index is 0.155. The lowest BCUT2D eigenvalue weighted by atomic mass is 9.78. The molecule has 6 nitrogen and oxygen atoms in total. The molecule has 116 valence electrons. The highest BCUT2D eigenvalue weighted by molar-refractivity contribution is 5.85. The number of rotatable bonds is 4. The fourth-order valence-corrected chi connectivity index (χ4v) is 3.08. The number of aliphatic carboxylic acids is 1. The standard InChI is InChI=1S/C15H23N3O3/c1-9(13-8-16-18(3)10(13)2)17-14(19)11-6-4-5-7-12(11)15(20)21/h8-9,11-12H,4-7H2,1-3H3,(H,17,19)(H,20,21). The molecule has 1 amide bonds. The van der Waals surface area contributed by atoms with Crippen molar-refractivity contribution in [3.63, 3.8) is 0 Å². The van der Waals surface area contributed by atoms with Gasteiger partial charge in [-0.1, -0.05) is 12.8 Å². The predicted octanol–water partition coefficient (Wildman–Crippen LogP) is 1.80. The molecule has 1 aromatic rings. The molecule has 0 aromatic carbocycles. The third-order valence-corrected chi connectivity index (χ3v) is 4.52. The Hall–Kier alpha value is -1.85. The van der Waals surface area contributed by atoms with Crippen molar-refractivity contribution >= 4 is 11.9 Å². The van der Waals surface area contributed by atoms with Gasteiger partial charge in [-0.25, -0.2) is 0 Å². The van der Waals surface area contributed by atoms with E-state index in [-0.39, 0.29) is 11.9 Å². The second-order valence-corrected chi connectivity index (χ2v) is 5.87. The lowest BCUT2D eigenvalue weighted by molar-refractivity contribution is -0.149. The van der Waals surface area contributed by atoms with E-state index in [2.05, 4.69) is 10.4 Å². The van der Waals surface area contributed by atoms with E-state index in [1.54, 1.807) is 10.9 Å². The molecule has 3 unspecified atom stereocenters. The predicted molar refractivity (Wildman–Crippen MR) is 77.6 cm³/mol. The number of nitrogens with zero attached hydrogens (tertiary/aromatic N) is 2. The molecule has 0 saturated heterocycles. The van der Waals surface area contributed by atoms with Crippen LogP contribution < -0.4 is 5.32 Å². The molecule has 0 bridgehead atoms. The van der Waals surface area contributed by atoms with E-state index in [1.807, 2.05) is 20.9 Å². The summed E-state index contributed by atoms with van der Waals surface area (Å²) in [5.74, 6) is -1.99. The van der Waals surface area contributed by atoms with E-state index < -0.39 is 17.8 Å². The van der Waals surface area contributed by atoms with Crippen molar-refractivity contribution in [3.8, 4) is 0 Å². The number of carbonyl (C=O) groups excluding carboxylic acids is 1. The molecule has 2 N–H and O–H groups in total. The Balaban J connectivity index is 2.06. The summed E-state index contributed by atoms with van der Waals surface area (Å²) in [7, 11) is 1.86. The Morgan fingerprint density at radius 1 is 1.38 bits per heavy atom. The van der Waals surface area contributed by atoms with E-state index in [1.165, 1.54) is 0 Å². The van der Waals surface area contributed by atoms with Gasteiger partial charge in [-0.2, -0.15) is 5.10 Å². The summed E-state index contributed by atoms with van der Waals surface area (Å²) in [6.45, 7) is 3.85. The van der Waals surface area contributed by atoms with Gasteiger partial charge >= 0.3 is 5.97 Å². The normalized spacial score (nSPS) is 23.6. The van der Waals surface area contributed by atoms with Gasteiger partial charge in [0.15, 0.2) is 0 Å². The SMILES string of the molecule is Cc1c(C(C)NC(=O)C2CCCCC2C(=O)O)cnn1C. The van der Waals surface area contributed by atoms with Crippen LogP contribution in [0.3, 0.4) is 0 Å². The van der Waals surface area contributed by atoms with Gasteiger partial charge in [0.25, 0.3) is 0 Å². The zero-order valence-electron chi connectivity index (χ0n) is 12.8. The number of hydrogen-bond donors (Lipinski definition) is 2. The quantitative estimate of drug-likeness (QED) is 0.886. The van der Waals surface area contributed by atoms with Gasteiger partial charge in [0.1, 0.15) is 0 Å². The Morgan fingerprint density at radius 3 is 2.52 bits per heavy atom. The first-order valence-electron chi connectivity index (χ1n) is 7.43. The van der Waals surface area contributed by atoms with Crippen LogP contribution in [-0.2, 0) is 16.6 Å². The Labute approximate surface area is 124 Å². The minimum atomic E-state index is -0.861. The van der Waals surface area contributed by atoms with Crippen molar-refractivity contribution in [2.75, 3.05) is 0 Å². The average Bonchev–Trinajstić information content (AvgIpc) is 2.79. The van der Waals surface area contributed by atoms with Crippen LogP contribution in [0, 0.1) is 18.8 Å². The molecule has 6 heteroatoms. The van der Waals surface area contributed by atoms with Crippen LogP contribution in [0.15, 0.2) is 6.20 Å². The highest BCUT2D eigenvalue weighted by Gasteiger charge is 2.36. The van der Waals surface area contributed by atoms with Crippen molar-refractivity contribution < 1.29 is 14.7 Å². The number of aryl methyl sites for hydroxylation is 1. The molecule has 1 aliphatic rings. The molecule has 1 heterocycles. The van der Waals surface area contributed by atoms with Crippen LogP contribution in [0.4, 0.5) is 0 Å². The average molecular weight is 293 g/mol. The van der Waals surface area contributed by atoms with Crippen LogP contribution >= 0.6 is 0 Å². The number of nitrogens with one attached hydrogen (secondary N) is 1. The van der Waals surface area contributed by atoms with Gasteiger partial charge in [0.2, 0.25) is 5.91 Å². The maximum atomic E-state index is 12.4. The summed E-state index contributed by atoms with van der Waals surface area (Å²) >= 11 is 0. The van der Waals surface area contributed by atoms with E-state index in [9.17, 15) is 14.7 Å². The molecular weight excluding hydrogens is 270 g/mol. The van der Waals surface area contributed by atoms with Gasteiger partial charge in [0, 0.05) is 18.3 Å². The molecule has 0 radical (unpaired) electrons. The van der Waals surface area contributed by atoms with E-state index in [0.29, 0.717) is 12.8 Å². The molecule has 2 rings (SSSR count). The maximum absolute atomic E-state index is 12.4. The van der Waals surface area contributed by atoms with Crippen LogP contribution in [0.2, 0.25) is 0 Å². The van der Waals surface area contributed by atoms with Crippen molar-refractivity contribution in [3.05, 3.63) is 17.5 Å². The molecule has 0 spiro atoms. The van der Waals surface area contributed by atoms with Gasteiger partial charge in [-0.05, 0) is 26.7 Å². The lowest BCUT2D eigenvalue weighted by Crippen LogP contribution is -2.40. The van der Waals surface area contributed by atoms with Crippen LogP contribution in [-0.4, -0.2) is 26.8 Å². The smallest absolute Gasteiger partial charge is 0.307 e. The minimum Gasteiger partial charge on any atom is -0.481 e. The number of carbonyl (C=O) groups is 2. The molecule has 1 aromatic heterocycles. The molecule has 1 aliphatic carbocycles. The van der Waals surface area contributed by atoms with Crippen LogP contribution in [0.5, 0.6) is 0 Å². The highest BCUT2D eigenvalue weighted by atomic mass is 16.4. The zero-order valence-corrected chi connectivity index (χ0v) is 12.8. The highest BCUT2D eigenvalue weighted by Crippen LogP contribution is 2.31. The number of amides is 1. The summed E-state index contributed by atoms with van der Waals surface area (Å²) in [5.41, 5.74) is 1.97. The molecule has 1 saturated carbocycles. The third-order valence-electron chi connectivity index (χ3n) is 4.52. The summed E-state index contributed by atoms with van der Waals surface area (Å²) in [6.07, 6.45) is 4.80. The summed E-state index contributed by atoms with van der Waals surface area (Å²) in [6, 6.07) is -0.164. The molecular formula is C15H23N3O3. The second kappa shape index (κ2) is 6.28. The van der Waals surface area contributed by atoms with Crippen LogP contribution in [0.1, 0.15) is 49.9 Å². The number of aromatic nitrogens is 2. The van der Waals surface area contributed by atoms with Crippen molar-refractivity contribution in [2.24, 2.45) is 18.9 Å². The summed E-state index contributed by atoms with van der Waals surface area (Å²) in [4.78, 5) is 23.7. The van der Waals surface area contributed by atoms with Gasteiger partial charge < -0.3 is 10.4 Å². The molecule has 21 heavy (non-hydrogen) atoms. The third kappa shape index (κ3) is 3.25. The largest absolute Gasteiger partial charge is 0.481 e. The fourth-order valence-electron chi connectivity index (χ4n) is 3.08. The first-order valence-corrected chi connectivity index (χ1v) is 7.43. The number of carboxylic acid groups (broad SMARTS) is 1. The number of hydrogen-bond acceptors (Lipinski definition) is 3. The topological polar surface area (TPSA) is 84.2 Å². The Bertz CT molecular complexity index is 538. The second-order valence-electron chi connectivity index (χ2n) is 5.87. The lowest BCUT2D eigenvalue weighted by Gasteiger charge is -2.28. The van der Waals surface area contributed by atoms with Gasteiger partial charge in [-0.15, -0.1) is 0 Å². The Kier molecular flexibility index (Phi) is 4.65. The summed E-state index contributed by atoms with van der Waals surface area (Å²) in [5, 5.41) is 16.4. The first-order chi connectivity index (χ1) is 9.91. The monoisotopic (exact) mass is 293 g/mol. The van der Waals surface area contributed by atoms with Crippen molar-refractivity contribution in [1.29, 1.82) is 0 Å². The van der Waals surface area contributed by atoms with Gasteiger partial charge in [-0.3, -0.25) is 14.3 Å². The number of carboxylic acids is 1. The molecule has 0 aliphatic heterocycles. The van der Waals surface area contributed by atoms with E-state index in [4.69, 9.17) is 0 Å². The summed E-state index contributed by atoms with van der Waals surface area (Å²) < 4.78 is 1.76. The van der Waals surface area contributed by atoms with E-state index >= 15 is 0 Å². The Morgan fingerprint density at radius 2 is 2.00 bits per heavy atom. The molecule has 3 atom stereocenters. The maximum Gasteiger partial charge on any atom is 0.307 e. The fraction of sp³-hybridized carbons (Fsp3) is 0.667. The van der Waals surface area contributed by atoms with Crippen LogP contribution in [0.25, 0.3) is 0 Å². The van der Waals surface area contributed by atoms with Crippen molar-refractivity contribution in [2.45, 2.75) is 45.6 Å². The van der Waals surface area contributed by atoms with Gasteiger partial charge in [0.05, 0.1) is 24.1 Å². The molecule has 1 fully saturated rings. The van der Waals surface area contributed by atoms with E-state index in [0.717, 1.165) is 24.1 Å². The van der Waals surface area contributed by atoms with Crippen molar-refractivity contribution in [1.82, 2.24) is 15.1 Å². The first kappa shape index (κ1) is 15.5. The zero-order chi connectivity index (χ0) is 15.6.